The van der Waals surface area contributed by atoms with E-state index >= 15 is 0 Å². The van der Waals surface area contributed by atoms with Crippen molar-refractivity contribution in [2.75, 3.05) is 19.3 Å². The van der Waals surface area contributed by atoms with Gasteiger partial charge in [0, 0.05) is 19.3 Å². The third kappa shape index (κ3) is 3.37. The number of rotatable bonds is 2. The highest BCUT2D eigenvalue weighted by Gasteiger charge is 2.38. The maximum absolute atomic E-state index is 12.9. The number of sulfone groups is 1. The Kier molecular flexibility index (Phi) is 4.01. The number of amides is 1. The van der Waals surface area contributed by atoms with Gasteiger partial charge in [0.1, 0.15) is 0 Å². The van der Waals surface area contributed by atoms with Crippen LogP contribution in [-0.4, -0.2) is 43.8 Å². The molecule has 8 heteroatoms. The third-order valence-corrected chi connectivity index (χ3v) is 5.10. The molecule has 0 aromatic heterocycles. The summed E-state index contributed by atoms with van der Waals surface area (Å²) < 4.78 is 61.6. The smallest absolute Gasteiger partial charge is 0.337 e. The summed E-state index contributed by atoms with van der Waals surface area (Å²) in [5.74, 6) is -0.783. The molecule has 1 amide bonds. The minimum Gasteiger partial charge on any atom is -0.337 e. The molecule has 21 heavy (non-hydrogen) atoms. The zero-order chi connectivity index (χ0) is 15.8. The van der Waals surface area contributed by atoms with Crippen LogP contribution in [0.2, 0.25) is 0 Å². The predicted octanol–water partition coefficient (Wildman–Crippen LogP) is 1.96. The number of likely N-dealkylation sites (tertiary alicyclic amines) is 1. The average molecular weight is 321 g/mol. The Morgan fingerprint density at radius 2 is 1.90 bits per heavy atom. The molecule has 1 heterocycles. The van der Waals surface area contributed by atoms with Crippen LogP contribution >= 0.6 is 0 Å². The van der Waals surface area contributed by atoms with E-state index in [2.05, 4.69) is 0 Å². The number of carbonyl (C=O) groups is 1. The van der Waals surface area contributed by atoms with Crippen molar-refractivity contribution < 1.29 is 26.4 Å². The standard InChI is InChI=1S/C13H14F3NO3S/c1-21(19,20)9-6-7-17(8-9)12(18)10-4-2-3-5-11(10)13(14,15)16/h2-5,9H,6-8H2,1H3. The van der Waals surface area contributed by atoms with Gasteiger partial charge in [-0.15, -0.1) is 0 Å². The van der Waals surface area contributed by atoms with Crippen molar-refractivity contribution in [2.24, 2.45) is 0 Å². The minimum atomic E-state index is -4.62. The second-order valence-corrected chi connectivity index (χ2v) is 7.36. The second-order valence-electron chi connectivity index (χ2n) is 5.03. The SMILES string of the molecule is CS(=O)(=O)C1CCN(C(=O)c2ccccc2C(F)(F)F)C1. The summed E-state index contributed by atoms with van der Waals surface area (Å²) in [5.41, 5.74) is -1.45. The molecule has 1 unspecified atom stereocenters. The van der Waals surface area contributed by atoms with E-state index in [0.717, 1.165) is 23.3 Å². The Bertz CT molecular complexity index is 655. The number of carbonyl (C=O) groups excluding carboxylic acids is 1. The fourth-order valence-corrected chi connectivity index (χ4v) is 3.33. The fraction of sp³-hybridized carbons (Fsp3) is 0.462. The van der Waals surface area contributed by atoms with Gasteiger partial charge < -0.3 is 4.90 Å². The van der Waals surface area contributed by atoms with Crippen LogP contribution in [-0.2, 0) is 16.0 Å². The van der Waals surface area contributed by atoms with Crippen molar-refractivity contribution in [3.63, 3.8) is 0 Å². The number of hydrogen-bond donors (Lipinski definition) is 0. The lowest BCUT2D eigenvalue weighted by atomic mass is 10.1. The van der Waals surface area contributed by atoms with E-state index in [4.69, 9.17) is 0 Å². The van der Waals surface area contributed by atoms with E-state index in [1.54, 1.807) is 0 Å². The molecule has 1 aromatic carbocycles. The molecule has 0 N–H and O–H groups in total. The third-order valence-electron chi connectivity index (χ3n) is 3.50. The van der Waals surface area contributed by atoms with Crippen molar-refractivity contribution in [3.8, 4) is 0 Å². The van der Waals surface area contributed by atoms with Gasteiger partial charge in [0.15, 0.2) is 9.84 Å². The monoisotopic (exact) mass is 321 g/mol. The van der Waals surface area contributed by atoms with Crippen molar-refractivity contribution in [2.45, 2.75) is 17.8 Å². The largest absolute Gasteiger partial charge is 0.417 e. The summed E-state index contributed by atoms with van der Waals surface area (Å²) in [7, 11) is -3.31. The summed E-state index contributed by atoms with van der Waals surface area (Å²) >= 11 is 0. The molecule has 1 aliphatic heterocycles. The van der Waals surface area contributed by atoms with Gasteiger partial charge in [-0.25, -0.2) is 8.42 Å². The molecule has 0 aliphatic carbocycles. The van der Waals surface area contributed by atoms with Crippen LogP contribution in [0.1, 0.15) is 22.3 Å². The summed E-state index contributed by atoms with van der Waals surface area (Å²) in [5, 5.41) is -0.709. The predicted molar refractivity (Wildman–Crippen MR) is 70.6 cm³/mol. The molecule has 2 rings (SSSR count). The van der Waals surface area contributed by atoms with Crippen LogP contribution in [0.4, 0.5) is 13.2 Å². The highest BCUT2D eigenvalue weighted by atomic mass is 32.2. The number of nitrogens with zero attached hydrogens (tertiary/aromatic N) is 1. The lowest BCUT2D eigenvalue weighted by molar-refractivity contribution is -0.138. The molecule has 4 nitrogen and oxygen atoms in total. The van der Waals surface area contributed by atoms with E-state index in [1.807, 2.05) is 0 Å². The normalized spacial score (nSPS) is 19.8. The summed E-state index contributed by atoms with van der Waals surface area (Å²) in [4.78, 5) is 13.4. The molecule has 0 saturated carbocycles. The van der Waals surface area contributed by atoms with Crippen molar-refractivity contribution >= 4 is 15.7 Å². The number of hydrogen-bond acceptors (Lipinski definition) is 3. The van der Waals surface area contributed by atoms with Gasteiger partial charge >= 0.3 is 6.18 Å². The summed E-state index contributed by atoms with van der Waals surface area (Å²) in [6, 6.07) is 4.52. The molecule has 0 radical (unpaired) electrons. The van der Waals surface area contributed by atoms with Crippen LogP contribution in [0.25, 0.3) is 0 Å². The first kappa shape index (κ1) is 15.8. The first-order valence-corrected chi connectivity index (χ1v) is 8.20. The maximum Gasteiger partial charge on any atom is 0.417 e. The van der Waals surface area contributed by atoms with E-state index in [0.29, 0.717) is 0 Å². The van der Waals surface area contributed by atoms with E-state index in [-0.39, 0.29) is 19.5 Å². The highest BCUT2D eigenvalue weighted by Crippen LogP contribution is 2.33. The number of alkyl halides is 3. The summed E-state index contributed by atoms with van der Waals surface area (Å²) in [6.45, 7) is 0.0760. The van der Waals surface area contributed by atoms with Gasteiger partial charge in [0.05, 0.1) is 16.4 Å². The molecule has 0 bridgehead atoms. The van der Waals surface area contributed by atoms with Crippen LogP contribution < -0.4 is 0 Å². The van der Waals surface area contributed by atoms with Gasteiger partial charge in [0.25, 0.3) is 5.91 Å². The van der Waals surface area contributed by atoms with Gasteiger partial charge in [0.2, 0.25) is 0 Å². The molecule has 116 valence electrons. The average Bonchev–Trinajstić information content (AvgIpc) is 2.86. The van der Waals surface area contributed by atoms with E-state index in [1.165, 1.54) is 12.1 Å². The number of halogens is 3. The van der Waals surface area contributed by atoms with Crippen molar-refractivity contribution in [1.82, 2.24) is 4.90 Å². The Morgan fingerprint density at radius 3 is 2.43 bits per heavy atom. The Labute approximate surface area is 120 Å². The Hall–Kier alpha value is -1.57. The van der Waals surface area contributed by atoms with Crippen LogP contribution in [0.5, 0.6) is 0 Å². The minimum absolute atomic E-state index is 0.0656. The van der Waals surface area contributed by atoms with Gasteiger partial charge in [-0.05, 0) is 18.6 Å². The Morgan fingerprint density at radius 1 is 1.29 bits per heavy atom. The molecule has 1 fully saturated rings. The lowest BCUT2D eigenvalue weighted by Crippen LogP contribution is -2.32. The molecule has 1 saturated heterocycles. The Balaban J connectivity index is 2.27. The molecule has 0 spiro atoms. The van der Waals surface area contributed by atoms with Crippen LogP contribution in [0.15, 0.2) is 24.3 Å². The highest BCUT2D eigenvalue weighted by molar-refractivity contribution is 7.91. The zero-order valence-electron chi connectivity index (χ0n) is 11.2. The molecule has 1 aromatic rings. The van der Waals surface area contributed by atoms with E-state index in [9.17, 15) is 26.4 Å². The topological polar surface area (TPSA) is 54.5 Å². The first-order chi connectivity index (χ1) is 9.60. The quantitative estimate of drug-likeness (QED) is 0.837. The number of benzene rings is 1. The van der Waals surface area contributed by atoms with Gasteiger partial charge in [-0.3, -0.25) is 4.79 Å². The molecule has 1 atom stereocenters. The fourth-order valence-electron chi connectivity index (χ4n) is 2.35. The van der Waals surface area contributed by atoms with Crippen molar-refractivity contribution in [1.29, 1.82) is 0 Å². The van der Waals surface area contributed by atoms with Gasteiger partial charge in [-0.1, -0.05) is 12.1 Å². The van der Waals surface area contributed by atoms with Crippen LogP contribution in [0.3, 0.4) is 0 Å². The maximum atomic E-state index is 12.9. The second kappa shape index (κ2) is 5.32. The van der Waals surface area contributed by atoms with Crippen molar-refractivity contribution in [3.05, 3.63) is 35.4 Å². The van der Waals surface area contributed by atoms with Crippen LogP contribution in [0, 0.1) is 0 Å². The molecule has 1 aliphatic rings. The summed E-state index contributed by atoms with van der Waals surface area (Å²) in [6.07, 6.45) is -3.31. The lowest BCUT2D eigenvalue weighted by Gasteiger charge is -2.19. The molecular formula is C13H14F3NO3S. The first-order valence-electron chi connectivity index (χ1n) is 6.25. The zero-order valence-corrected chi connectivity index (χ0v) is 12.0. The van der Waals surface area contributed by atoms with E-state index < -0.39 is 38.3 Å². The van der Waals surface area contributed by atoms with Gasteiger partial charge in [-0.2, -0.15) is 13.2 Å². The molecular weight excluding hydrogens is 307 g/mol.